The molecule has 1 aromatic rings. The largest absolute Gasteiger partial charge is 0.341 e. The van der Waals surface area contributed by atoms with Gasteiger partial charge in [0, 0.05) is 0 Å². The van der Waals surface area contributed by atoms with E-state index in [1.165, 1.54) is 5.56 Å². The van der Waals surface area contributed by atoms with Crippen LogP contribution in [-0.4, -0.2) is 16.5 Å². The Labute approximate surface area is 94.4 Å². The van der Waals surface area contributed by atoms with Gasteiger partial charge in [0.1, 0.15) is 0 Å². The first kappa shape index (κ1) is 10.6. The van der Waals surface area contributed by atoms with Crippen molar-refractivity contribution in [2.75, 3.05) is 5.75 Å². The Bertz CT molecular complexity index is 352. The first-order valence-electron chi connectivity index (χ1n) is 5.17. The summed E-state index contributed by atoms with van der Waals surface area (Å²) in [5.41, 5.74) is 1.33. The van der Waals surface area contributed by atoms with E-state index in [0.717, 1.165) is 12.8 Å². The highest BCUT2D eigenvalue weighted by atomic mass is 32.2. The second-order valence-electron chi connectivity index (χ2n) is 4.05. The fourth-order valence-corrected chi connectivity index (χ4v) is 2.71. The summed E-state index contributed by atoms with van der Waals surface area (Å²) in [6.07, 6.45) is 2.01. The molecule has 0 saturated carbocycles. The Balaban J connectivity index is 1.91. The normalized spacial score (nSPS) is 25.3. The molecule has 0 bridgehead atoms. The molecule has 1 N–H and O–H groups in total. The van der Waals surface area contributed by atoms with Crippen LogP contribution in [0.4, 0.5) is 0 Å². The van der Waals surface area contributed by atoms with E-state index in [1.54, 1.807) is 11.8 Å². The predicted molar refractivity (Wildman–Crippen MR) is 63.8 cm³/mol. The van der Waals surface area contributed by atoms with E-state index < -0.39 is 0 Å². The molecule has 2 nitrogen and oxygen atoms in total. The number of carbonyl (C=O) groups is 1. The Morgan fingerprint density at radius 3 is 2.73 bits per heavy atom. The number of hydrogen-bond acceptors (Lipinski definition) is 2. The van der Waals surface area contributed by atoms with Crippen LogP contribution in [-0.2, 0) is 11.2 Å². The van der Waals surface area contributed by atoms with Crippen molar-refractivity contribution in [2.45, 2.75) is 24.6 Å². The zero-order chi connectivity index (χ0) is 10.7. The maximum absolute atomic E-state index is 11.1. The van der Waals surface area contributed by atoms with E-state index in [1.807, 2.05) is 6.07 Å². The van der Waals surface area contributed by atoms with Gasteiger partial charge in [0.25, 0.3) is 0 Å². The molecule has 1 unspecified atom stereocenters. The van der Waals surface area contributed by atoms with Crippen LogP contribution in [0.15, 0.2) is 30.3 Å². The lowest BCUT2D eigenvalue weighted by Crippen LogP contribution is -2.36. The van der Waals surface area contributed by atoms with E-state index in [2.05, 4.69) is 36.5 Å². The molecule has 0 aromatic heterocycles. The molecule has 3 heteroatoms. The Kier molecular flexibility index (Phi) is 3.00. The van der Waals surface area contributed by atoms with Crippen molar-refractivity contribution >= 4 is 17.7 Å². The zero-order valence-corrected chi connectivity index (χ0v) is 9.64. The molecule has 1 saturated heterocycles. The highest BCUT2D eigenvalue weighted by Gasteiger charge is 2.33. The minimum atomic E-state index is -0.0626. The molecule has 0 radical (unpaired) electrons. The standard InChI is InChI=1S/C12H15NOS/c1-12(13-11(14)9-15-12)8-7-10-5-3-2-4-6-10/h2-6H,7-9H2,1H3,(H,13,14). The lowest BCUT2D eigenvalue weighted by molar-refractivity contribution is -0.118. The Morgan fingerprint density at radius 2 is 2.13 bits per heavy atom. The van der Waals surface area contributed by atoms with Crippen molar-refractivity contribution in [2.24, 2.45) is 0 Å². The molecule has 1 heterocycles. The molecule has 80 valence electrons. The van der Waals surface area contributed by atoms with E-state index in [-0.39, 0.29) is 10.8 Å². The van der Waals surface area contributed by atoms with Gasteiger partial charge in [0.15, 0.2) is 0 Å². The molecular formula is C12H15NOS. The minimum Gasteiger partial charge on any atom is -0.341 e. The second kappa shape index (κ2) is 4.27. The smallest absolute Gasteiger partial charge is 0.231 e. The Hall–Kier alpha value is -0.960. The molecule has 1 aliphatic rings. The summed E-state index contributed by atoms with van der Waals surface area (Å²) in [5, 5.41) is 3.02. The van der Waals surface area contributed by atoms with Gasteiger partial charge in [-0.15, -0.1) is 11.8 Å². The van der Waals surface area contributed by atoms with Gasteiger partial charge < -0.3 is 5.32 Å². The third kappa shape index (κ3) is 2.75. The van der Waals surface area contributed by atoms with Crippen LogP contribution in [0.25, 0.3) is 0 Å². The van der Waals surface area contributed by atoms with Crippen molar-refractivity contribution < 1.29 is 4.79 Å². The highest BCUT2D eigenvalue weighted by molar-refractivity contribution is 8.01. The van der Waals surface area contributed by atoms with Crippen LogP contribution >= 0.6 is 11.8 Å². The topological polar surface area (TPSA) is 29.1 Å². The highest BCUT2D eigenvalue weighted by Crippen LogP contribution is 2.31. The van der Waals surface area contributed by atoms with Crippen molar-refractivity contribution in [3.63, 3.8) is 0 Å². The molecular weight excluding hydrogens is 206 g/mol. The van der Waals surface area contributed by atoms with Crippen LogP contribution in [0, 0.1) is 0 Å². The first-order valence-corrected chi connectivity index (χ1v) is 6.15. The molecule has 0 aliphatic carbocycles. The molecule has 0 spiro atoms. The van der Waals surface area contributed by atoms with Crippen LogP contribution in [0.1, 0.15) is 18.9 Å². The quantitative estimate of drug-likeness (QED) is 0.847. The number of hydrogen-bond donors (Lipinski definition) is 1. The molecule has 15 heavy (non-hydrogen) atoms. The van der Waals surface area contributed by atoms with Crippen molar-refractivity contribution in [1.29, 1.82) is 0 Å². The summed E-state index contributed by atoms with van der Waals surface area (Å²) < 4.78 is 0. The average molecular weight is 221 g/mol. The maximum atomic E-state index is 11.1. The summed E-state index contributed by atoms with van der Waals surface area (Å²) in [5.74, 6) is 0.765. The maximum Gasteiger partial charge on any atom is 0.231 e. The van der Waals surface area contributed by atoms with Crippen LogP contribution in [0.5, 0.6) is 0 Å². The van der Waals surface area contributed by atoms with Crippen molar-refractivity contribution in [1.82, 2.24) is 5.32 Å². The van der Waals surface area contributed by atoms with Gasteiger partial charge in [-0.1, -0.05) is 30.3 Å². The van der Waals surface area contributed by atoms with Gasteiger partial charge in [0.2, 0.25) is 5.91 Å². The molecule has 1 atom stereocenters. The van der Waals surface area contributed by atoms with Crippen molar-refractivity contribution in [3.8, 4) is 0 Å². The van der Waals surface area contributed by atoms with Crippen LogP contribution in [0.3, 0.4) is 0 Å². The minimum absolute atomic E-state index is 0.0626. The number of rotatable bonds is 3. The second-order valence-corrected chi connectivity index (χ2v) is 5.53. The fourth-order valence-electron chi connectivity index (χ4n) is 1.75. The lowest BCUT2D eigenvalue weighted by Gasteiger charge is -2.22. The molecule has 1 fully saturated rings. The van der Waals surface area contributed by atoms with Gasteiger partial charge in [-0.3, -0.25) is 4.79 Å². The summed E-state index contributed by atoms with van der Waals surface area (Å²) in [6.45, 7) is 2.10. The lowest BCUT2D eigenvalue weighted by atomic mass is 10.1. The van der Waals surface area contributed by atoms with E-state index in [4.69, 9.17) is 0 Å². The number of amides is 1. The van der Waals surface area contributed by atoms with Crippen LogP contribution in [0.2, 0.25) is 0 Å². The molecule has 1 amide bonds. The summed E-state index contributed by atoms with van der Waals surface area (Å²) >= 11 is 1.71. The van der Waals surface area contributed by atoms with Gasteiger partial charge in [-0.05, 0) is 25.3 Å². The first-order chi connectivity index (χ1) is 7.18. The monoisotopic (exact) mass is 221 g/mol. The van der Waals surface area contributed by atoms with E-state index in [0.29, 0.717) is 5.75 Å². The zero-order valence-electron chi connectivity index (χ0n) is 8.82. The molecule has 2 rings (SSSR count). The van der Waals surface area contributed by atoms with E-state index in [9.17, 15) is 4.79 Å². The number of thioether (sulfide) groups is 1. The number of benzene rings is 1. The predicted octanol–water partition coefficient (Wildman–Crippen LogP) is 2.20. The van der Waals surface area contributed by atoms with E-state index >= 15 is 0 Å². The molecule has 1 aromatic carbocycles. The third-order valence-corrected chi connectivity index (χ3v) is 4.01. The van der Waals surface area contributed by atoms with Gasteiger partial charge in [0.05, 0.1) is 10.6 Å². The summed E-state index contributed by atoms with van der Waals surface area (Å²) in [7, 11) is 0. The number of nitrogens with one attached hydrogen (secondary N) is 1. The summed E-state index contributed by atoms with van der Waals surface area (Å²) in [6, 6.07) is 10.4. The number of carbonyl (C=O) groups excluding carboxylic acids is 1. The van der Waals surface area contributed by atoms with Gasteiger partial charge >= 0.3 is 0 Å². The fraction of sp³-hybridized carbons (Fsp3) is 0.417. The number of aryl methyl sites for hydroxylation is 1. The van der Waals surface area contributed by atoms with Crippen molar-refractivity contribution in [3.05, 3.63) is 35.9 Å². The summed E-state index contributed by atoms with van der Waals surface area (Å²) in [4.78, 5) is 11.1. The van der Waals surface area contributed by atoms with Gasteiger partial charge in [-0.25, -0.2) is 0 Å². The SMILES string of the molecule is CC1(CCc2ccccc2)NC(=O)CS1. The van der Waals surface area contributed by atoms with Crippen LogP contribution < -0.4 is 5.32 Å². The third-order valence-electron chi connectivity index (χ3n) is 2.66. The average Bonchev–Trinajstić information content (AvgIpc) is 2.58. The Morgan fingerprint density at radius 1 is 1.40 bits per heavy atom. The van der Waals surface area contributed by atoms with Gasteiger partial charge in [-0.2, -0.15) is 0 Å². The molecule has 1 aliphatic heterocycles.